The first-order valence-corrected chi connectivity index (χ1v) is 7.40. The lowest BCUT2D eigenvalue weighted by Crippen LogP contribution is -2.44. The standard InChI is InChI=1S/C13H18O4S/c1-11-4-6-12(7-5-11)18(14,15)17-10-13(16-2)8-3-9-13/h4-7H,3,8-10H2,1-2H3. The molecular weight excluding hydrogens is 252 g/mol. The average Bonchev–Trinajstić information content (AvgIpc) is 2.29. The van der Waals surface area contributed by atoms with Crippen molar-refractivity contribution in [2.24, 2.45) is 0 Å². The van der Waals surface area contributed by atoms with Crippen LogP contribution in [0, 0.1) is 6.92 Å². The molecule has 0 saturated heterocycles. The van der Waals surface area contributed by atoms with Crippen molar-refractivity contribution in [2.75, 3.05) is 13.7 Å². The lowest BCUT2D eigenvalue weighted by Gasteiger charge is -2.39. The molecule has 100 valence electrons. The molecular formula is C13H18O4S. The van der Waals surface area contributed by atoms with Crippen molar-refractivity contribution >= 4 is 10.1 Å². The fourth-order valence-corrected chi connectivity index (χ4v) is 2.91. The SMILES string of the molecule is COC1(COS(=O)(=O)c2ccc(C)cc2)CCC1. The second-order valence-electron chi connectivity index (χ2n) is 4.77. The van der Waals surface area contributed by atoms with E-state index in [1.54, 1.807) is 31.4 Å². The normalized spacial score (nSPS) is 18.3. The van der Waals surface area contributed by atoms with Crippen LogP contribution in [0.15, 0.2) is 29.2 Å². The van der Waals surface area contributed by atoms with Gasteiger partial charge in [0.15, 0.2) is 0 Å². The average molecular weight is 270 g/mol. The second kappa shape index (κ2) is 4.99. The van der Waals surface area contributed by atoms with Gasteiger partial charge in [-0.2, -0.15) is 8.42 Å². The van der Waals surface area contributed by atoms with Gasteiger partial charge in [-0.15, -0.1) is 0 Å². The summed E-state index contributed by atoms with van der Waals surface area (Å²) in [6, 6.07) is 6.63. The van der Waals surface area contributed by atoms with Gasteiger partial charge >= 0.3 is 0 Å². The molecule has 1 aromatic rings. The minimum atomic E-state index is -3.68. The number of ether oxygens (including phenoxy) is 1. The monoisotopic (exact) mass is 270 g/mol. The van der Waals surface area contributed by atoms with Crippen LogP contribution in [0.5, 0.6) is 0 Å². The van der Waals surface area contributed by atoms with Crippen LogP contribution in [-0.2, 0) is 19.0 Å². The van der Waals surface area contributed by atoms with Crippen molar-refractivity contribution in [1.82, 2.24) is 0 Å². The van der Waals surface area contributed by atoms with Gasteiger partial charge in [-0.05, 0) is 38.3 Å². The molecule has 18 heavy (non-hydrogen) atoms. The Kier molecular flexibility index (Phi) is 3.75. The van der Waals surface area contributed by atoms with Gasteiger partial charge in [0.05, 0.1) is 17.1 Å². The summed E-state index contributed by atoms with van der Waals surface area (Å²) in [6.45, 7) is 2.01. The molecule has 1 aromatic carbocycles. The lowest BCUT2D eigenvalue weighted by atomic mass is 9.81. The highest BCUT2D eigenvalue weighted by Gasteiger charge is 2.39. The fraction of sp³-hybridized carbons (Fsp3) is 0.538. The predicted octanol–water partition coefficient (Wildman–Crippen LogP) is 2.27. The largest absolute Gasteiger partial charge is 0.376 e. The van der Waals surface area contributed by atoms with Crippen molar-refractivity contribution < 1.29 is 17.3 Å². The van der Waals surface area contributed by atoms with Crippen molar-refractivity contribution in [3.05, 3.63) is 29.8 Å². The predicted molar refractivity (Wildman–Crippen MR) is 67.9 cm³/mol. The van der Waals surface area contributed by atoms with Crippen molar-refractivity contribution in [1.29, 1.82) is 0 Å². The van der Waals surface area contributed by atoms with Crippen LogP contribution in [-0.4, -0.2) is 27.7 Å². The van der Waals surface area contributed by atoms with Gasteiger partial charge in [-0.25, -0.2) is 0 Å². The third-order valence-electron chi connectivity index (χ3n) is 3.48. The molecule has 1 aliphatic rings. The van der Waals surface area contributed by atoms with Crippen LogP contribution >= 0.6 is 0 Å². The molecule has 0 atom stereocenters. The number of methoxy groups -OCH3 is 1. The lowest BCUT2D eigenvalue weighted by molar-refractivity contribution is -0.0970. The Bertz CT molecular complexity index is 495. The Balaban J connectivity index is 2.05. The Hall–Kier alpha value is -0.910. The van der Waals surface area contributed by atoms with Gasteiger partial charge < -0.3 is 4.74 Å². The Morgan fingerprint density at radius 2 is 1.83 bits per heavy atom. The summed E-state index contributed by atoms with van der Waals surface area (Å²) < 4.78 is 34.4. The third-order valence-corrected chi connectivity index (χ3v) is 4.76. The first-order valence-electron chi connectivity index (χ1n) is 5.99. The van der Waals surface area contributed by atoms with Gasteiger partial charge in [0, 0.05) is 7.11 Å². The molecule has 0 aromatic heterocycles. The molecule has 0 spiro atoms. The van der Waals surface area contributed by atoms with Gasteiger partial charge in [-0.1, -0.05) is 17.7 Å². The van der Waals surface area contributed by atoms with E-state index in [-0.39, 0.29) is 11.5 Å². The number of hydrogen-bond acceptors (Lipinski definition) is 4. The molecule has 1 saturated carbocycles. The second-order valence-corrected chi connectivity index (χ2v) is 6.39. The summed E-state index contributed by atoms with van der Waals surface area (Å²) in [6.07, 6.45) is 2.77. The fourth-order valence-electron chi connectivity index (χ4n) is 1.94. The molecule has 0 unspecified atom stereocenters. The third kappa shape index (κ3) is 2.74. The molecule has 0 radical (unpaired) electrons. The highest BCUT2D eigenvalue weighted by atomic mass is 32.2. The maximum atomic E-state index is 12.0. The van der Waals surface area contributed by atoms with Crippen LogP contribution in [0.25, 0.3) is 0 Å². The number of aryl methyl sites for hydroxylation is 1. The minimum absolute atomic E-state index is 0.0969. The Labute approximate surface area is 108 Å². The zero-order chi connectivity index (χ0) is 13.2. The van der Waals surface area contributed by atoms with E-state index in [0.717, 1.165) is 24.8 Å². The quantitative estimate of drug-likeness (QED) is 0.770. The van der Waals surface area contributed by atoms with E-state index < -0.39 is 15.7 Å². The zero-order valence-electron chi connectivity index (χ0n) is 10.7. The first-order chi connectivity index (χ1) is 8.47. The van der Waals surface area contributed by atoms with E-state index in [0.29, 0.717) is 0 Å². The van der Waals surface area contributed by atoms with Gasteiger partial charge in [-0.3, -0.25) is 4.18 Å². The van der Waals surface area contributed by atoms with Gasteiger partial charge in [0.2, 0.25) is 0 Å². The molecule has 2 rings (SSSR count). The summed E-state index contributed by atoms with van der Waals surface area (Å²) >= 11 is 0. The molecule has 5 heteroatoms. The zero-order valence-corrected chi connectivity index (χ0v) is 11.5. The van der Waals surface area contributed by atoms with E-state index in [9.17, 15) is 8.42 Å². The molecule has 0 amide bonds. The van der Waals surface area contributed by atoms with Crippen molar-refractivity contribution in [2.45, 2.75) is 36.7 Å². The maximum absolute atomic E-state index is 12.0. The van der Waals surface area contributed by atoms with E-state index in [1.165, 1.54) is 0 Å². The summed E-state index contributed by atoms with van der Waals surface area (Å²) in [5.41, 5.74) is 0.610. The van der Waals surface area contributed by atoms with Gasteiger partial charge in [0.1, 0.15) is 0 Å². The van der Waals surface area contributed by atoms with Crippen molar-refractivity contribution in [3.8, 4) is 0 Å². The Morgan fingerprint density at radius 1 is 1.22 bits per heavy atom. The molecule has 4 nitrogen and oxygen atoms in total. The van der Waals surface area contributed by atoms with Crippen molar-refractivity contribution in [3.63, 3.8) is 0 Å². The van der Waals surface area contributed by atoms with Crippen LogP contribution in [0.2, 0.25) is 0 Å². The first kappa shape index (κ1) is 13.5. The van der Waals surface area contributed by atoms with E-state index in [4.69, 9.17) is 8.92 Å². The van der Waals surface area contributed by atoms with E-state index >= 15 is 0 Å². The molecule has 1 fully saturated rings. The number of benzene rings is 1. The smallest absolute Gasteiger partial charge is 0.297 e. The Morgan fingerprint density at radius 3 is 2.28 bits per heavy atom. The summed E-state index contributed by atoms with van der Waals surface area (Å²) in [4.78, 5) is 0.193. The van der Waals surface area contributed by atoms with Crippen LogP contribution < -0.4 is 0 Å². The summed E-state index contributed by atoms with van der Waals surface area (Å²) in [5, 5.41) is 0. The highest BCUT2D eigenvalue weighted by molar-refractivity contribution is 7.86. The summed E-state index contributed by atoms with van der Waals surface area (Å²) in [5.74, 6) is 0. The van der Waals surface area contributed by atoms with Crippen LogP contribution in [0.1, 0.15) is 24.8 Å². The highest BCUT2D eigenvalue weighted by Crippen LogP contribution is 2.35. The van der Waals surface area contributed by atoms with Crippen LogP contribution in [0.4, 0.5) is 0 Å². The maximum Gasteiger partial charge on any atom is 0.297 e. The molecule has 1 aliphatic carbocycles. The molecule has 0 N–H and O–H groups in total. The number of rotatable bonds is 5. The molecule has 0 heterocycles. The van der Waals surface area contributed by atoms with E-state index in [1.807, 2.05) is 6.92 Å². The number of hydrogen-bond donors (Lipinski definition) is 0. The minimum Gasteiger partial charge on any atom is -0.376 e. The molecule has 0 bridgehead atoms. The van der Waals surface area contributed by atoms with Gasteiger partial charge in [0.25, 0.3) is 10.1 Å². The van der Waals surface area contributed by atoms with E-state index in [2.05, 4.69) is 0 Å². The topological polar surface area (TPSA) is 52.6 Å². The van der Waals surface area contributed by atoms with Crippen LogP contribution in [0.3, 0.4) is 0 Å². The summed E-state index contributed by atoms with van der Waals surface area (Å²) in [7, 11) is -2.08. The molecule has 0 aliphatic heterocycles.